The van der Waals surface area contributed by atoms with Gasteiger partial charge >= 0.3 is 5.97 Å². The third kappa shape index (κ3) is 3.63. The van der Waals surface area contributed by atoms with Crippen molar-refractivity contribution in [3.8, 4) is 0 Å². The Morgan fingerprint density at radius 3 is 2.25 bits per heavy atom. The summed E-state index contributed by atoms with van der Waals surface area (Å²) < 4.78 is 36.5. The van der Waals surface area contributed by atoms with Crippen molar-refractivity contribution in [3.05, 3.63) is 41.0 Å². The van der Waals surface area contributed by atoms with Crippen LogP contribution in [0.25, 0.3) is 0 Å². The van der Waals surface area contributed by atoms with E-state index < -0.39 is 16.0 Å². The topological polar surface area (TPSA) is 73.5 Å². The minimum Gasteiger partial charge on any atom is -0.464 e. The molecule has 0 amide bonds. The number of esters is 1. The standard InChI is InChI=1S/C20H29N3O4S/c1-14-6-7-15(2)23(14)13-17-8-10-22(11-9-17)28(25,26)19-12-18(20(24)27-5)21(4)16(19)3/h6-7,12,17H,8-11,13H2,1-5H3. The molecule has 2 aromatic rings. The molecule has 8 heteroatoms. The number of carbonyl (C=O) groups is 1. The van der Waals surface area contributed by atoms with Crippen LogP contribution >= 0.6 is 0 Å². The molecule has 3 rings (SSSR count). The largest absolute Gasteiger partial charge is 0.464 e. The van der Waals surface area contributed by atoms with Crippen LogP contribution in [0.1, 0.15) is 40.4 Å². The molecule has 0 unspecified atom stereocenters. The lowest BCUT2D eigenvalue weighted by Crippen LogP contribution is -2.39. The summed E-state index contributed by atoms with van der Waals surface area (Å²) in [6, 6.07) is 5.66. The van der Waals surface area contributed by atoms with Crippen LogP contribution in [0, 0.1) is 26.7 Å². The van der Waals surface area contributed by atoms with Gasteiger partial charge in [-0.15, -0.1) is 0 Å². The molecule has 0 N–H and O–H groups in total. The molecule has 1 saturated heterocycles. The van der Waals surface area contributed by atoms with Gasteiger partial charge in [0.1, 0.15) is 10.6 Å². The highest BCUT2D eigenvalue weighted by Gasteiger charge is 2.33. The van der Waals surface area contributed by atoms with Crippen molar-refractivity contribution in [2.45, 2.75) is 45.1 Å². The van der Waals surface area contributed by atoms with Gasteiger partial charge in [0.2, 0.25) is 10.0 Å². The van der Waals surface area contributed by atoms with Gasteiger partial charge in [0.15, 0.2) is 0 Å². The van der Waals surface area contributed by atoms with Crippen LogP contribution in [0.15, 0.2) is 23.1 Å². The van der Waals surface area contributed by atoms with Crippen molar-refractivity contribution in [3.63, 3.8) is 0 Å². The van der Waals surface area contributed by atoms with Crippen molar-refractivity contribution in [2.24, 2.45) is 13.0 Å². The van der Waals surface area contributed by atoms with Crippen LogP contribution < -0.4 is 0 Å². The van der Waals surface area contributed by atoms with Crippen LogP contribution in [0.3, 0.4) is 0 Å². The van der Waals surface area contributed by atoms with Gasteiger partial charge in [0.25, 0.3) is 0 Å². The number of piperidine rings is 1. The van der Waals surface area contributed by atoms with Gasteiger partial charge in [0, 0.05) is 43.8 Å². The maximum atomic E-state index is 13.2. The van der Waals surface area contributed by atoms with Crippen molar-refractivity contribution >= 4 is 16.0 Å². The van der Waals surface area contributed by atoms with Crippen LogP contribution in [0.4, 0.5) is 0 Å². The Kier molecular flexibility index (Phi) is 5.72. The molecule has 1 fully saturated rings. The van der Waals surface area contributed by atoms with Gasteiger partial charge in [-0.3, -0.25) is 0 Å². The Morgan fingerprint density at radius 1 is 1.14 bits per heavy atom. The SMILES string of the molecule is COC(=O)c1cc(S(=O)(=O)N2CCC(Cn3c(C)ccc3C)CC2)c(C)n1C. The lowest BCUT2D eigenvalue weighted by molar-refractivity contribution is 0.0589. The van der Waals surface area contributed by atoms with E-state index in [0.29, 0.717) is 24.7 Å². The number of sulfonamides is 1. The zero-order chi connectivity index (χ0) is 20.6. The molecule has 3 heterocycles. The van der Waals surface area contributed by atoms with Crippen molar-refractivity contribution in [1.29, 1.82) is 0 Å². The zero-order valence-electron chi connectivity index (χ0n) is 17.2. The Morgan fingerprint density at radius 2 is 1.71 bits per heavy atom. The van der Waals surface area contributed by atoms with Crippen molar-refractivity contribution in [1.82, 2.24) is 13.4 Å². The quantitative estimate of drug-likeness (QED) is 0.714. The number of ether oxygens (including phenoxy) is 1. The van der Waals surface area contributed by atoms with Gasteiger partial charge in [-0.1, -0.05) is 0 Å². The maximum absolute atomic E-state index is 13.2. The van der Waals surface area contributed by atoms with Crippen LogP contribution in [-0.2, 0) is 28.4 Å². The predicted molar refractivity (Wildman–Crippen MR) is 107 cm³/mol. The molecule has 0 atom stereocenters. The van der Waals surface area contributed by atoms with Crippen LogP contribution in [0.2, 0.25) is 0 Å². The van der Waals surface area contributed by atoms with Crippen molar-refractivity contribution in [2.75, 3.05) is 20.2 Å². The molecule has 0 spiro atoms. The summed E-state index contributed by atoms with van der Waals surface area (Å²) in [6.07, 6.45) is 1.65. The van der Waals surface area contributed by atoms with Gasteiger partial charge in [-0.25, -0.2) is 13.2 Å². The van der Waals surface area contributed by atoms with E-state index in [0.717, 1.165) is 19.4 Å². The fourth-order valence-corrected chi connectivity index (χ4v) is 5.69. The third-order valence-corrected chi connectivity index (χ3v) is 7.95. The lowest BCUT2D eigenvalue weighted by Gasteiger charge is -2.32. The highest BCUT2D eigenvalue weighted by Crippen LogP contribution is 2.28. The second kappa shape index (κ2) is 7.75. The Bertz CT molecular complexity index is 960. The normalized spacial score (nSPS) is 16.5. The fourth-order valence-electron chi connectivity index (χ4n) is 3.95. The smallest absolute Gasteiger partial charge is 0.354 e. The summed E-state index contributed by atoms with van der Waals surface area (Å²) in [5.41, 5.74) is 3.26. The van der Waals surface area contributed by atoms with E-state index in [1.807, 2.05) is 0 Å². The summed E-state index contributed by atoms with van der Waals surface area (Å²) in [5.74, 6) is -0.0815. The second-order valence-electron chi connectivity index (χ2n) is 7.60. The first-order chi connectivity index (χ1) is 13.2. The van der Waals surface area contributed by atoms with E-state index in [4.69, 9.17) is 4.74 Å². The molecular formula is C20H29N3O4S. The fraction of sp³-hybridized carbons (Fsp3) is 0.550. The molecule has 7 nitrogen and oxygen atoms in total. The van der Waals surface area contributed by atoms with E-state index in [1.54, 1.807) is 22.8 Å². The Labute approximate surface area is 166 Å². The van der Waals surface area contributed by atoms with E-state index in [1.165, 1.54) is 24.6 Å². The highest BCUT2D eigenvalue weighted by molar-refractivity contribution is 7.89. The number of methoxy groups -OCH3 is 1. The molecule has 0 aliphatic carbocycles. The summed E-state index contributed by atoms with van der Waals surface area (Å²) in [5, 5.41) is 0. The van der Waals surface area contributed by atoms with Gasteiger partial charge in [-0.2, -0.15) is 4.31 Å². The summed E-state index contributed by atoms with van der Waals surface area (Å²) in [6.45, 7) is 7.83. The minimum atomic E-state index is -3.64. The average Bonchev–Trinajstić information content (AvgIpc) is 3.15. The first-order valence-corrected chi connectivity index (χ1v) is 11.0. The molecule has 0 saturated carbocycles. The number of carbonyl (C=O) groups excluding carboxylic acids is 1. The third-order valence-electron chi connectivity index (χ3n) is 5.93. The molecular weight excluding hydrogens is 378 g/mol. The minimum absolute atomic E-state index is 0.186. The lowest BCUT2D eigenvalue weighted by atomic mass is 9.98. The van der Waals surface area contributed by atoms with Gasteiger partial charge in [-0.05, 0) is 57.7 Å². The second-order valence-corrected chi connectivity index (χ2v) is 9.51. The van der Waals surface area contributed by atoms with Crippen LogP contribution in [0.5, 0.6) is 0 Å². The van der Waals surface area contributed by atoms with Gasteiger partial charge < -0.3 is 13.9 Å². The Balaban J connectivity index is 1.74. The van der Waals surface area contributed by atoms with Gasteiger partial charge in [0.05, 0.1) is 7.11 Å². The van der Waals surface area contributed by atoms with E-state index in [9.17, 15) is 13.2 Å². The summed E-state index contributed by atoms with van der Waals surface area (Å²) >= 11 is 0. The first kappa shape index (κ1) is 20.7. The molecule has 154 valence electrons. The van der Waals surface area contributed by atoms with E-state index in [2.05, 4.69) is 30.5 Å². The number of aryl methyl sites for hydroxylation is 2. The monoisotopic (exact) mass is 407 g/mol. The Hall–Kier alpha value is -2.06. The molecule has 0 radical (unpaired) electrons. The maximum Gasteiger partial charge on any atom is 0.354 e. The highest BCUT2D eigenvalue weighted by atomic mass is 32.2. The average molecular weight is 408 g/mol. The summed E-state index contributed by atoms with van der Waals surface area (Å²) in [7, 11) is -0.675. The molecule has 1 aliphatic heterocycles. The van der Waals surface area contributed by atoms with E-state index in [-0.39, 0.29) is 10.6 Å². The van der Waals surface area contributed by atoms with Crippen molar-refractivity contribution < 1.29 is 17.9 Å². The number of aromatic nitrogens is 2. The summed E-state index contributed by atoms with van der Waals surface area (Å²) in [4.78, 5) is 12.1. The molecule has 2 aromatic heterocycles. The van der Waals surface area contributed by atoms with Crippen LogP contribution in [-0.4, -0.2) is 48.0 Å². The molecule has 1 aliphatic rings. The van der Waals surface area contributed by atoms with E-state index >= 15 is 0 Å². The zero-order valence-corrected chi connectivity index (χ0v) is 18.0. The molecule has 28 heavy (non-hydrogen) atoms. The molecule has 0 bridgehead atoms. The number of hydrogen-bond donors (Lipinski definition) is 0. The number of hydrogen-bond acceptors (Lipinski definition) is 4. The molecule has 0 aromatic carbocycles. The first-order valence-electron chi connectivity index (χ1n) is 9.54. The number of nitrogens with zero attached hydrogens (tertiary/aromatic N) is 3. The predicted octanol–water partition coefficient (Wildman–Crippen LogP) is 2.64. The number of rotatable bonds is 5.